The molecule has 0 bridgehead atoms. The molecule has 0 unspecified atom stereocenters. The highest BCUT2D eigenvalue weighted by Gasteiger charge is 2.19. The van der Waals surface area contributed by atoms with Crippen molar-refractivity contribution in [2.75, 3.05) is 0 Å². The first-order chi connectivity index (χ1) is 10.3. The third kappa shape index (κ3) is 4.52. The van der Waals surface area contributed by atoms with E-state index in [1.165, 1.54) is 11.1 Å². The standard InChI is InChI=1S/C18H25ClO3/c1-11(2)6-5-7-12(3)8-9-14-17(21)15(10-20)13(4)16(19)18(14)22/h6,8,20-22H,5,7,9-10H2,1-4H3/b12-8+. The van der Waals surface area contributed by atoms with Gasteiger partial charge in [-0.1, -0.05) is 34.9 Å². The number of hydrogen-bond donors (Lipinski definition) is 3. The van der Waals surface area contributed by atoms with Gasteiger partial charge in [0.05, 0.1) is 11.6 Å². The summed E-state index contributed by atoms with van der Waals surface area (Å²) in [6.07, 6.45) is 6.43. The van der Waals surface area contributed by atoms with Gasteiger partial charge in [-0.05, 0) is 52.5 Å². The van der Waals surface area contributed by atoms with E-state index >= 15 is 0 Å². The molecule has 0 saturated heterocycles. The maximum atomic E-state index is 10.2. The van der Waals surface area contributed by atoms with Crippen LogP contribution in [0.15, 0.2) is 23.3 Å². The SMILES string of the molecule is CC(C)=CCC/C(C)=C/Cc1c(O)c(Cl)c(C)c(CO)c1O. The number of aliphatic hydroxyl groups is 1. The molecule has 0 spiro atoms. The molecule has 0 amide bonds. The van der Waals surface area contributed by atoms with Gasteiger partial charge in [0.1, 0.15) is 11.5 Å². The average Bonchev–Trinajstić information content (AvgIpc) is 2.45. The molecule has 0 radical (unpaired) electrons. The highest BCUT2D eigenvalue weighted by molar-refractivity contribution is 6.33. The average molecular weight is 325 g/mol. The van der Waals surface area contributed by atoms with Crippen LogP contribution in [0.2, 0.25) is 5.02 Å². The number of phenols is 2. The lowest BCUT2D eigenvalue weighted by molar-refractivity contribution is 0.274. The number of rotatable bonds is 6. The Morgan fingerprint density at radius 1 is 1.05 bits per heavy atom. The molecule has 0 heterocycles. The summed E-state index contributed by atoms with van der Waals surface area (Å²) in [6.45, 7) is 7.51. The van der Waals surface area contributed by atoms with E-state index in [0.717, 1.165) is 12.8 Å². The number of phenolic OH excluding ortho intramolecular Hbond substituents is 1. The number of hydrogen-bond acceptors (Lipinski definition) is 3. The Morgan fingerprint density at radius 3 is 2.23 bits per heavy atom. The van der Waals surface area contributed by atoms with Gasteiger partial charge in [0.15, 0.2) is 0 Å². The summed E-state index contributed by atoms with van der Waals surface area (Å²) in [6, 6.07) is 0. The van der Waals surface area contributed by atoms with Gasteiger partial charge in [0.2, 0.25) is 0 Å². The predicted molar refractivity (Wildman–Crippen MR) is 91.6 cm³/mol. The van der Waals surface area contributed by atoms with Crippen molar-refractivity contribution < 1.29 is 15.3 Å². The predicted octanol–water partition coefficient (Wildman–Crippen LogP) is 4.79. The third-order valence-electron chi connectivity index (χ3n) is 3.75. The molecule has 122 valence electrons. The van der Waals surface area contributed by atoms with Crippen molar-refractivity contribution in [3.63, 3.8) is 0 Å². The zero-order valence-corrected chi connectivity index (χ0v) is 14.5. The highest BCUT2D eigenvalue weighted by atomic mass is 35.5. The van der Waals surface area contributed by atoms with Crippen LogP contribution in [0.5, 0.6) is 11.5 Å². The molecule has 4 heteroatoms. The van der Waals surface area contributed by atoms with Crippen molar-refractivity contribution in [2.24, 2.45) is 0 Å². The fraction of sp³-hybridized carbons (Fsp3) is 0.444. The van der Waals surface area contributed by atoms with E-state index in [1.807, 2.05) is 13.0 Å². The molecular weight excluding hydrogens is 300 g/mol. The molecule has 0 aromatic heterocycles. The smallest absolute Gasteiger partial charge is 0.141 e. The number of benzene rings is 1. The first-order valence-corrected chi connectivity index (χ1v) is 7.78. The van der Waals surface area contributed by atoms with Crippen LogP contribution in [-0.4, -0.2) is 15.3 Å². The number of halogens is 1. The van der Waals surface area contributed by atoms with Gasteiger partial charge in [-0.3, -0.25) is 0 Å². The van der Waals surface area contributed by atoms with E-state index in [9.17, 15) is 15.3 Å². The van der Waals surface area contributed by atoms with E-state index < -0.39 is 0 Å². The zero-order chi connectivity index (χ0) is 16.9. The molecule has 3 N–H and O–H groups in total. The summed E-state index contributed by atoms with van der Waals surface area (Å²) in [7, 11) is 0. The molecular formula is C18H25ClO3. The Labute approximate surface area is 137 Å². The van der Waals surface area contributed by atoms with Crippen molar-refractivity contribution in [3.8, 4) is 11.5 Å². The van der Waals surface area contributed by atoms with Crippen molar-refractivity contribution in [1.29, 1.82) is 0 Å². The Morgan fingerprint density at radius 2 is 1.68 bits per heavy atom. The van der Waals surface area contributed by atoms with Crippen molar-refractivity contribution in [3.05, 3.63) is 45.0 Å². The molecule has 0 atom stereocenters. The van der Waals surface area contributed by atoms with E-state index in [-0.39, 0.29) is 23.1 Å². The van der Waals surface area contributed by atoms with Gasteiger partial charge in [0.25, 0.3) is 0 Å². The van der Waals surface area contributed by atoms with Gasteiger partial charge < -0.3 is 15.3 Å². The monoisotopic (exact) mass is 324 g/mol. The van der Waals surface area contributed by atoms with Crippen LogP contribution in [0, 0.1) is 6.92 Å². The minimum absolute atomic E-state index is 0.0738. The van der Waals surface area contributed by atoms with Gasteiger partial charge in [-0.25, -0.2) is 0 Å². The Balaban J connectivity index is 2.99. The molecule has 3 nitrogen and oxygen atoms in total. The maximum Gasteiger partial charge on any atom is 0.141 e. The van der Waals surface area contributed by atoms with Crippen LogP contribution >= 0.6 is 11.6 Å². The molecule has 0 fully saturated rings. The Hall–Kier alpha value is -1.45. The molecule has 1 rings (SSSR count). The molecule has 1 aromatic rings. The van der Waals surface area contributed by atoms with E-state index in [0.29, 0.717) is 23.1 Å². The van der Waals surface area contributed by atoms with Gasteiger partial charge in [-0.15, -0.1) is 0 Å². The van der Waals surface area contributed by atoms with Gasteiger partial charge in [0, 0.05) is 11.1 Å². The van der Waals surface area contributed by atoms with Crippen LogP contribution in [-0.2, 0) is 13.0 Å². The lowest BCUT2D eigenvalue weighted by Gasteiger charge is -2.15. The minimum Gasteiger partial charge on any atom is -0.507 e. The van der Waals surface area contributed by atoms with Crippen molar-refractivity contribution >= 4 is 11.6 Å². The summed E-state index contributed by atoms with van der Waals surface area (Å²) in [5.41, 5.74) is 3.71. The summed E-state index contributed by atoms with van der Waals surface area (Å²) < 4.78 is 0. The highest BCUT2D eigenvalue weighted by Crippen LogP contribution is 2.41. The number of allylic oxidation sites excluding steroid dienone is 4. The van der Waals surface area contributed by atoms with Crippen LogP contribution in [0.3, 0.4) is 0 Å². The zero-order valence-electron chi connectivity index (χ0n) is 13.7. The second-order valence-electron chi connectivity index (χ2n) is 5.83. The van der Waals surface area contributed by atoms with E-state index in [2.05, 4.69) is 19.9 Å². The second-order valence-corrected chi connectivity index (χ2v) is 6.20. The van der Waals surface area contributed by atoms with Crippen LogP contribution in [0.25, 0.3) is 0 Å². The molecule has 22 heavy (non-hydrogen) atoms. The lowest BCUT2D eigenvalue weighted by atomic mass is 9.98. The molecule has 1 aromatic carbocycles. The summed E-state index contributed by atoms with van der Waals surface area (Å²) in [5.74, 6) is -0.183. The van der Waals surface area contributed by atoms with Crippen molar-refractivity contribution in [2.45, 2.75) is 53.6 Å². The maximum absolute atomic E-state index is 10.2. The molecule has 0 aliphatic heterocycles. The number of aliphatic hydroxyl groups excluding tert-OH is 1. The largest absolute Gasteiger partial charge is 0.507 e. The Kier molecular flexibility index (Phi) is 6.98. The summed E-state index contributed by atoms with van der Waals surface area (Å²) >= 11 is 6.07. The third-order valence-corrected chi connectivity index (χ3v) is 4.21. The normalized spacial score (nSPS) is 11.6. The van der Waals surface area contributed by atoms with E-state index in [1.54, 1.807) is 6.92 Å². The molecule has 0 aliphatic rings. The fourth-order valence-electron chi connectivity index (χ4n) is 2.27. The van der Waals surface area contributed by atoms with Crippen LogP contribution in [0.1, 0.15) is 50.3 Å². The second kappa shape index (κ2) is 8.25. The van der Waals surface area contributed by atoms with Gasteiger partial charge >= 0.3 is 0 Å². The first kappa shape index (κ1) is 18.6. The van der Waals surface area contributed by atoms with Crippen LogP contribution in [0.4, 0.5) is 0 Å². The Bertz CT molecular complexity index is 597. The van der Waals surface area contributed by atoms with Gasteiger partial charge in [-0.2, -0.15) is 0 Å². The molecule has 0 saturated carbocycles. The lowest BCUT2D eigenvalue weighted by Crippen LogP contribution is -1.97. The minimum atomic E-state index is -0.312. The number of aromatic hydroxyl groups is 2. The topological polar surface area (TPSA) is 60.7 Å². The summed E-state index contributed by atoms with van der Waals surface area (Å²) in [5, 5.41) is 29.9. The fourth-order valence-corrected chi connectivity index (χ4v) is 2.50. The summed E-state index contributed by atoms with van der Waals surface area (Å²) in [4.78, 5) is 0. The van der Waals surface area contributed by atoms with E-state index in [4.69, 9.17) is 11.6 Å². The van der Waals surface area contributed by atoms with Crippen molar-refractivity contribution in [1.82, 2.24) is 0 Å². The quantitative estimate of drug-likeness (QED) is 0.659. The molecule has 0 aliphatic carbocycles. The first-order valence-electron chi connectivity index (χ1n) is 7.41. The van der Waals surface area contributed by atoms with Crippen LogP contribution < -0.4 is 0 Å².